The number of benzene rings is 3. The Bertz CT molecular complexity index is 1550. The molecule has 0 saturated heterocycles. The summed E-state index contributed by atoms with van der Waals surface area (Å²) in [6.07, 6.45) is 4.23. The van der Waals surface area contributed by atoms with E-state index in [2.05, 4.69) is 38.8 Å². The zero-order valence-corrected chi connectivity index (χ0v) is 20.2. The molecule has 0 radical (unpaired) electrons. The smallest absolute Gasteiger partial charge is 0.251 e. The van der Waals surface area contributed by atoms with E-state index < -0.39 is 0 Å². The maximum absolute atomic E-state index is 13.3. The number of nitrogens with one attached hydrogen (secondary N) is 2. The molecule has 36 heavy (non-hydrogen) atoms. The van der Waals surface area contributed by atoms with E-state index in [4.69, 9.17) is 0 Å². The van der Waals surface area contributed by atoms with Gasteiger partial charge in [-0.2, -0.15) is 0 Å². The number of aromatic nitrogens is 3. The molecule has 2 heterocycles. The highest BCUT2D eigenvalue weighted by Crippen LogP contribution is 2.28. The molecule has 7 heteroatoms. The lowest BCUT2D eigenvalue weighted by Gasteiger charge is -2.17. The summed E-state index contributed by atoms with van der Waals surface area (Å²) in [7, 11) is 0. The Labute approximate surface area is 209 Å². The number of anilines is 1. The van der Waals surface area contributed by atoms with E-state index in [9.17, 15) is 9.59 Å². The van der Waals surface area contributed by atoms with Crippen LogP contribution in [0.3, 0.4) is 0 Å². The number of carbonyl (C=O) groups is 2. The largest absolute Gasteiger partial charge is 0.345 e. The first-order valence-electron chi connectivity index (χ1n) is 11.9. The molecule has 0 aliphatic rings. The number of aryl methyl sites for hydroxylation is 2. The number of fused-ring (bicyclic) bond motifs is 2. The standard InChI is InChI=1S/C29H27N5O2/c1-19(24-12-7-9-21-8-3-4-11-25(21)24)32-29(36)22-16-26-28(27(17-22)33-20(2)35)34(18-31-26)15-13-23-10-5-6-14-30-23/h3-12,14,16-19H,13,15H2,1-2H3,(H,32,36)(H,33,35)/t19-/m1/s1. The topological polar surface area (TPSA) is 88.9 Å². The van der Waals surface area contributed by atoms with E-state index >= 15 is 0 Å². The van der Waals surface area contributed by atoms with Gasteiger partial charge in [-0.15, -0.1) is 0 Å². The van der Waals surface area contributed by atoms with Crippen molar-refractivity contribution in [3.05, 3.63) is 102 Å². The molecule has 0 saturated carbocycles. The molecule has 0 spiro atoms. The summed E-state index contributed by atoms with van der Waals surface area (Å²) in [6, 6.07) is 23.3. The van der Waals surface area contributed by atoms with Crippen LogP contribution < -0.4 is 10.6 Å². The SMILES string of the molecule is CC(=O)Nc1cc(C(=O)N[C@H](C)c2cccc3ccccc23)cc2ncn(CCc3ccccn3)c12. The summed E-state index contributed by atoms with van der Waals surface area (Å²) in [6.45, 7) is 4.07. The number of carbonyl (C=O) groups excluding carboxylic acids is 2. The molecule has 0 bridgehead atoms. The molecule has 3 aromatic carbocycles. The van der Waals surface area contributed by atoms with Crippen LogP contribution in [-0.2, 0) is 17.8 Å². The number of hydrogen-bond donors (Lipinski definition) is 2. The third kappa shape index (κ3) is 4.81. The van der Waals surface area contributed by atoms with Crippen LogP contribution in [0.1, 0.15) is 41.5 Å². The molecule has 2 N–H and O–H groups in total. The van der Waals surface area contributed by atoms with Crippen molar-refractivity contribution in [2.45, 2.75) is 32.9 Å². The van der Waals surface area contributed by atoms with Gasteiger partial charge in [-0.25, -0.2) is 4.98 Å². The molecule has 5 rings (SSSR count). The fraction of sp³-hybridized carbons (Fsp3) is 0.172. The number of amides is 2. The molecule has 2 aromatic heterocycles. The Kier molecular flexibility index (Phi) is 6.45. The van der Waals surface area contributed by atoms with Crippen molar-refractivity contribution in [3.63, 3.8) is 0 Å². The van der Waals surface area contributed by atoms with Gasteiger partial charge in [-0.05, 0) is 47.5 Å². The predicted molar refractivity (Wildman–Crippen MR) is 142 cm³/mol. The average molecular weight is 478 g/mol. The van der Waals surface area contributed by atoms with E-state index in [1.165, 1.54) is 6.92 Å². The summed E-state index contributed by atoms with van der Waals surface area (Å²) < 4.78 is 1.98. The van der Waals surface area contributed by atoms with Gasteiger partial charge in [0.15, 0.2) is 0 Å². The van der Waals surface area contributed by atoms with Gasteiger partial charge in [-0.3, -0.25) is 14.6 Å². The molecule has 5 aromatic rings. The summed E-state index contributed by atoms with van der Waals surface area (Å²) in [4.78, 5) is 34.2. The Balaban J connectivity index is 1.43. The first-order valence-corrected chi connectivity index (χ1v) is 11.9. The first kappa shape index (κ1) is 23.2. The van der Waals surface area contributed by atoms with Crippen LogP contribution in [0.25, 0.3) is 21.8 Å². The van der Waals surface area contributed by atoms with Crippen molar-refractivity contribution in [3.8, 4) is 0 Å². The van der Waals surface area contributed by atoms with Gasteiger partial charge in [0.25, 0.3) is 5.91 Å². The van der Waals surface area contributed by atoms with Crippen LogP contribution in [0.15, 0.2) is 85.3 Å². The van der Waals surface area contributed by atoms with Gasteiger partial charge in [0.2, 0.25) is 5.91 Å². The first-order chi connectivity index (χ1) is 17.5. The molecule has 1 atom stereocenters. The van der Waals surface area contributed by atoms with Gasteiger partial charge in [0, 0.05) is 37.3 Å². The van der Waals surface area contributed by atoms with Crippen LogP contribution in [0.5, 0.6) is 0 Å². The third-order valence-electron chi connectivity index (χ3n) is 6.26. The highest BCUT2D eigenvalue weighted by Gasteiger charge is 2.18. The summed E-state index contributed by atoms with van der Waals surface area (Å²) in [5.74, 6) is -0.442. The van der Waals surface area contributed by atoms with E-state index in [0.29, 0.717) is 23.3 Å². The van der Waals surface area contributed by atoms with Crippen LogP contribution >= 0.6 is 0 Å². The predicted octanol–water partition coefficient (Wildman–Crippen LogP) is 5.28. The molecule has 7 nitrogen and oxygen atoms in total. The van der Waals surface area contributed by atoms with Gasteiger partial charge < -0.3 is 15.2 Å². The Hall–Kier alpha value is -4.52. The van der Waals surface area contributed by atoms with Crippen molar-refractivity contribution in [2.24, 2.45) is 0 Å². The summed E-state index contributed by atoms with van der Waals surface area (Å²) >= 11 is 0. The van der Waals surface area contributed by atoms with Crippen molar-refractivity contribution < 1.29 is 9.59 Å². The minimum Gasteiger partial charge on any atom is -0.345 e. The second-order valence-electron chi connectivity index (χ2n) is 8.85. The maximum atomic E-state index is 13.3. The molecule has 0 aliphatic carbocycles. The minimum absolute atomic E-state index is 0.209. The van der Waals surface area contributed by atoms with Crippen LogP contribution in [0.2, 0.25) is 0 Å². The van der Waals surface area contributed by atoms with Gasteiger partial charge in [-0.1, -0.05) is 48.5 Å². The van der Waals surface area contributed by atoms with E-state index in [0.717, 1.165) is 34.0 Å². The lowest BCUT2D eigenvalue weighted by Crippen LogP contribution is -2.27. The van der Waals surface area contributed by atoms with Crippen LogP contribution in [0.4, 0.5) is 5.69 Å². The Morgan fingerprint density at radius 3 is 2.58 bits per heavy atom. The fourth-order valence-electron chi connectivity index (χ4n) is 4.56. The van der Waals surface area contributed by atoms with Crippen molar-refractivity contribution in [1.29, 1.82) is 0 Å². The highest BCUT2D eigenvalue weighted by molar-refractivity contribution is 6.05. The quantitative estimate of drug-likeness (QED) is 0.334. The van der Waals surface area contributed by atoms with Crippen molar-refractivity contribution >= 4 is 39.3 Å². The van der Waals surface area contributed by atoms with Gasteiger partial charge >= 0.3 is 0 Å². The number of nitrogens with zero attached hydrogens (tertiary/aromatic N) is 3. The monoisotopic (exact) mass is 477 g/mol. The molecule has 180 valence electrons. The number of rotatable bonds is 7. The molecule has 2 amide bonds. The van der Waals surface area contributed by atoms with Crippen molar-refractivity contribution in [2.75, 3.05) is 5.32 Å². The van der Waals surface area contributed by atoms with Gasteiger partial charge in [0.05, 0.1) is 29.1 Å². The molecule has 0 fully saturated rings. The fourth-order valence-corrected chi connectivity index (χ4v) is 4.56. The Morgan fingerprint density at radius 2 is 1.78 bits per heavy atom. The average Bonchev–Trinajstić information content (AvgIpc) is 3.30. The van der Waals surface area contributed by atoms with E-state index in [1.54, 1.807) is 24.7 Å². The zero-order valence-electron chi connectivity index (χ0n) is 20.2. The Morgan fingerprint density at radius 1 is 0.972 bits per heavy atom. The van der Waals surface area contributed by atoms with Crippen molar-refractivity contribution in [1.82, 2.24) is 19.9 Å². The second-order valence-corrected chi connectivity index (χ2v) is 8.85. The molecular weight excluding hydrogens is 450 g/mol. The second kappa shape index (κ2) is 10.00. The minimum atomic E-state index is -0.230. The molecule has 0 aliphatic heterocycles. The number of hydrogen-bond acceptors (Lipinski definition) is 4. The maximum Gasteiger partial charge on any atom is 0.251 e. The summed E-state index contributed by atoms with van der Waals surface area (Å²) in [5.41, 5.74) is 4.43. The van der Waals surface area contributed by atoms with E-state index in [1.807, 2.05) is 54.0 Å². The zero-order chi connectivity index (χ0) is 25.1. The highest BCUT2D eigenvalue weighted by atomic mass is 16.2. The third-order valence-corrected chi connectivity index (χ3v) is 6.26. The number of imidazole rings is 1. The van der Waals surface area contributed by atoms with Crippen LogP contribution in [-0.4, -0.2) is 26.3 Å². The molecule has 0 unspecified atom stereocenters. The number of pyridine rings is 1. The lowest BCUT2D eigenvalue weighted by atomic mass is 9.99. The normalized spacial score (nSPS) is 11.9. The van der Waals surface area contributed by atoms with Crippen LogP contribution in [0, 0.1) is 0 Å². The summed E-state index contributed by atoms with van der Waals surface area (Å²) in [5, 5.41) is 8.22. The van der Waals surface area contributed by atoms with Gasteiger partial charge in [0.1, 0.15) is 0 Å². The van der Waals surface area contributed by atoms with E-state index in [-0.39, 0.29) is 17.9 Å². The molecular formula is C29H27N5O2. The lowest BCUT2D eigenvalue weighted by molar-refractivity contribution is -0.114.